The Bertz CT molecular complexity index is 824. The molecule has 138 valence electrons. The van der Waals surface area contributed by atoms with Crippen molar-refractivity contribution in [1.29, 1.82) is 0 Å². The van der Waals surface area contributed by atoms with E-state index in [-0.39, 0.29) is 22.8 Å². The van der Waals surface area contributed by atoms with Crippen LogP contribution in [0.1, 0.15) is 51.0 Å². The zero-order valence-electron chi connectivity index (χ0n) is 15.8. The van der Waals surface area contributed by atoms with Gasteiger partial charge in [-0.1, -0.05) is 25.1 Å². The molecule has 2 rings (SSSR count). The van der Waals surface area contributed by atoms with Crippen molar-refractivity contribution in [3.8, 4) is 0 Å². The zero-order chi connectivity index (χ0) is 18.7. The van der Waals surface area contributed by atoms with Gasteiger partial charge in [0.2, 0.25) is 5.91 Å². The fourth-order valence-electron chi connectivity index (χ4n) is 2.53. The minimum absolute atomic E-state index is 0.0132. The molecule has 0 saturated heterocycles. The maximum Gasteiger partial charge on any atom is 0.263 e. The van der Waals surface area contributed by atoms with Gasteiger partial charge in [-0.15, -0.1) is 11.3 Å². The van der Waals surface area contributed by atoms with Gasteiger partial charge in [0.25, 0.3) is 5.56 Å². The van der Waals surface area contributed by atoms with Crippen LogP contribution < -0.4 is 10.9 Å². The largest absolute Gasteiger partial charge is 0.353 e. The molecule has 0 aliphatic heterocycles. The first-order valence-corrected chi connectivity index (χ1v) is 10.4. The summed E-state index contributed by atoms with van der Waals surface area (Å²) in [7, 11) is 0. The first kappa shape index (κ1) is 20.0. The molecule has 0 fully saturated rings. The van der Waals surface area contributed by atoms with Gasteiger partial charge in [0.15, 0.2) is 5.16 Å². The van der Waals surface area contributed by atoms with Crippen LogP contribution in [-0.4, -0.2) is 26.8 Å². The van der Waals surface area contributed by atoms with E-state index in [0.717, 1.165) is 33.5 Å². The van der Waals surface area contributed by atoms with Gasteiger partial charge in [0.1, 0.15) is 4.83 Å². The molecule has 2 aromatic rings. The highest BCUT2D eigenvalue weighted by atomic mass is 32.2. The average molecular weight is 382 g/mol. The fraction of sp³-hybridized carbons (Fsp3) is 0.611. The molecule has 0 radical (unpaired) electrons. The normalized spacial score (nSPS) is 12.8. The summed E-state index contributed by atoms with van der Waals surface area (Å²) in [4.78, 5) is 31.9. The Kier molecular flexibility index (Phi) is 6.68. The topological polar surface area (TPSA) is 64.0 Å². The van der Waals surface area contributed by atoms with Crippen molar-refractivity contribution < 1.29 is 4.79 Å². The molecule has 5 nitrogen and oxygen atoms in total. The second-order valence-electron chi connectivity index (χ2n) is 6.59. The first-order valence-electron chi connectivity index (χ1n) is 8.73. The Hall–Kier alpha value is -1.34. The number of nitrogens with zero attached hydrogens (tertiary/aromatic N) is 2. The van der Waals surface area contributed by atoms with Crippen molar-refractivity contribution in [3.63, 3.8) is 0 Å². The van der Waals surface area contributed by atoms with Gasteiger partial charge in [0.05, 0.1) is 10.6 Å². The summed E-state index contributed by atoms with van der Waals surface area (Å²) in [5.74, 6) is -0.0325. The average Bonchev–Trinajstić information content (AvgIpc) is 2.81. The summed E-state index contributed by atoms with van der Waals surface area (Å²) in [5, 5.41) is 3.98. The van der Waals surface area contributed by atoms with Crippen LogP contribution in [0.4, 0.5) is 0 Å². The predicted molar refractivity (Wildman–Crippen MR) is 107 cm³/mol. The van der Waals surface area contributed by atoms with Crippen LogP contribution in [0.3, 0.4) is 0 Å². The minimum atomic E-state index is -0.304. The highest BCUT2D eigenvalue weighted by molar-refractivity contribution is 8.00. The Morgan fingerprint density at radius 2 is 2.00 bits per heavy atom. The van der Waals surface area contributed by atoms with E-state index in [1.807, 2.05) is 34.6 Å². The third-order valence-corrected chi connectivity index (χ3v) is 6.26. The van der Waals surface area contributed by atoms with Gasteiger partial charge in [-0.25, -0.2) is 4.98 Å². The fourth-order valence-corrected chi connectivity index (χ4v) is 4.54. The van der Waals surface area contributed by atoms with Crippen LogP contribution in [0.25, 0.3) is 10.2 Å². The number of carbonyl (C=O) groups is 1. The third-order valence-electron chi connectivity index (χ3n) is 4.07. The van der Waals surface area contributed by atoms with Crippen LogP contribution in [0.5, 0.6) is 0 Å². The number of hydrogen-bond donors (Lipinski definition) is 1. The van der Waals surface area contributed by atoms with Gasteiger partial charge in [-0.2, -0.15) is 0 Å². The van der Waals surface area contributed by atoms with E-state index in [4.69, 9.17) is 4.98 Å². The first-order chi connectivity index (χ1) is 11.8. The molecule has 1 atom stereocenters. The number of carbonyl (C=O) groups excluding carboxylic acids is 1. The van der Waals surface area contributed by atoms with Crippen LogP contribution >= 0.6 is 23.1 Å². The Balaban J connectivity index is 2.46. The van der Waals surface area contributed by atoms with E-state index in [0.29, 0.717) is 11.7 Å². The number of fused-ring (bicyclic) bond motifs is 1. The van der Waals surface area contributed by atoms with Crippen molar-refractivity contribution in [2.75, 3.05) is 0 Å². The SMILES string of the molecule is CCCCn1c(SC(C)C(=O)NC(C)C)nc2sc(C)c(C)c2c1=O. The number of aromatic nitrogens is 2. The van der Waals surface area contributed by atoms with E-state index >= 15 is 0 Å². The lowest BCUT2D eigenvalue weighted by atomic mass is 10.2. The Morgan fingerprint density at radius 1 is 1.32 bits per heavy atom. The van der Waals surface area contributed by atoms with Crippen LogP contribution in [-0.2, 0) is 11.3 Å². The molecule has 0 spiro atoms. The number of hydrogen-bond acceptors (Lipinski definition) is 5. The van der Waals surface area contributed by atoms with Crippen molar-refractivity contribution in [1.82, 2.24) is 14.9 Å². The standard InChI is InChI=1S/C18H27N3O2S2/c1-7-8-9-21-17(23)14-11(4)12(5)24-16(14)20-18(21)25-13(6)15(22)19-10(2)3/h10,13H,7-9H2,1-6H3,(H,19,22). The number of thiophene rings is 1. The second kappa shape index (κ2) is 8.36. The van der Waals surface area contributed by atoms with Gasteiger partial charge in [0, 0.05) is 17.5 Å². The quantitative estimate of drug-likeness (QED) is 0.584. The number of amides is 1. The summed E-state index contributed by atoms with van der Waals surface area (Å²) in [6.45, 7) is 12.5. The molecule has 0 aliphatic rings. The van der Waals surface area contributed by atoms with Crippen molar-refractivity contribution in [2.24, 2.45) is 0 Å². The number of aryl methyl sites for hydroxylation is 2. The molecule has 7 heteroatoms. The summed E-state index contributed by atoms with van der Waals surface area (Å²) in [6, 6.07) is 0.0934. The maximum absolute atomic E-state index is 13.0. The molecule has 0 aromatic carbocycles. The number of thioether (sulfide) groups is 1. The van der Waals surface area contributed by atoms with E-state index in [9.17, 15) is 9.59 Å². The molecule has 1 amide bonds. The summed E-state index contributed by atoms with van der Waals surface area (Å²) < 4.78 is 1.74. The highest BCUT2D eigenvalue weighted by Gasteiger charge is 2.21. The van der Waals surface area contributed by atoms with E-state index in [1.54, 1.807) is 15.9 Å². The lowest BCUT2D eigenvalue weighted by Crippen LogP contribution is -2.36. The van der Waals surface area contributed by atoms with E-state index in [2.05, 4.69) is 12.2 Å². The lowest BCUT2D eigenvalue weighted by molar-refractivity contribution is -0.120. The molecular weight excluding hydrogens is 354 g/mol. The van der Waals surface area contributed by atoms with Crippen LogP contribution in [0, 0.1) is 13.8 Å². The highest BCUT2D eigenvalue weighted by Crippen LogP contribution is 2.29. The zero-order valence-corrected chi connectivity index (χ0v) is 17.4. The van der Waals surface area contributed by atoms with Gasteiger partial charge in [-0.05, 0) is 46.6 Å². The molecule has 25 heavy (non-hydrogen) atoms. The molecule has 2 aromatic heterocycles. The van der Waals surface area contributed by atoms with E-state index in [1.165, 1.54) is 11.8 Å². The predicted octanol–water partition coefficient (Wildman–Crippen LogP) is 3.88. The van der Waals surface area contributed by atoms with Crippen LogP contribution in [0.2, 0.25) is 0 Å². The Morgan fingerprint density at radius 3 is 2.60 bits per heavy atom. The molecule has 1 unspecified atom stereocenters. The number of rotatable bonds is 7. The van der Waals surface area contributed by atoms with Gasteiger partial charge < -0.3 is 5.32 Å². The molecule has 0 saturated carbocycles. The minimum Gasteiger partial charge on any atom is -0.353 e. The molecule has 0 bridgehead atoms. The number of unbranched alkanes of at least 4 members (excludes halogenated alkanes) is 1. The molecule has 2 heterocycles. The van der Waals surface area contributed by atoms with Crippen molar-refractivity contribution in [3.05, 3.63) is 20.8 Å². The molecule has 1 N–H and O–H groups in total. The molecule has 0 aliphatic carbocycles. The number of nitrogens with one attached hydrogen (secondary N) is 1. The summed E-state index contributed by atoms with van der Waals surface area (Å²) in [6.07, 6.45) is 1.91. The third kappa shape index (κ3) is 4.44. The lowest BCUT2D eigenvalue weighted by Gasteiger charge is -2.16. The monoisotopic (exact) mass is 381 g/mol. The smallest absolute Gasteiger partial charge is 0.263 e. The summed E-state index contributed by atoms with van der Waals surface area (Å²) >= 11 is 2.91. The van der Waals surface area contributed by atoms with Crippen molar-refractivity contribution >= 4 is 39.2 Å². The summed E-state index contributed by atoms with van der Waals surface area (Å²) in [5.41, 5.74) is 1.03. The van der Waals surface area contributed by atoms with Crippen molar-refractivity contribution in [2.45, 2.75) is 77.4 Å². The second-order valence-corrected chi connectivity index (χ2v) is 9.10. The molecular formula is C18H27N3O2S2. The van der Waals surface area contributed by atoms with Gasteiger partial charge >= 0.3 is 0 Å². The van der Waals surface area contributed by atoms with E-state index < -0.39 is 0 Å². The van der Waals surface area contributed by atoms with Gasteiger partial charge in [-0.3, -0.25) is 14.2 Å². The maximum atomic E-state index is 13.0. The van der Waals surface area contributed by atoms with Crippen LogP contribution in [0.15, 0.2) is 9.95 Å². The Labute approximate surface area is 157 Å².